The largest absolute Gasteiger partial charge is 0.0776 e. The van der Waals surface area contributed by atoms with Crippen LogP contribution < -0.4 is 0 Å². The molecule has 0 unspecified atom stereocenters. The van der Waals surface area contributed by atoms with Crippen LogP contribution in [0.1, 0.15) is 67.2 Å². The van der Waals surface area contributed by atoms with Gasteiger partial charge in [0.1, 0.15) is 0 Å². The Morgan fingerprint density at radius 3 is 0.700 bits per heavy atom. The van der Waals surface area contributed by atoms with Gasteiger partial charge in [0.25, 0.3) is 0 Å². The highest BCUT2D eigenvalue weighted by atomic mass is 14.0. The molecular weight excluding hydrogens is 120 g/mol. The lowest BCUT2D eigenvalue weighted by Gasteiger charge is -1.67. The lowest BCUT2D eigenvalue weighted by atomic mass is 10.4. The first-order valence-electron chi connectivity index (χ1n) is 4.50. The van der Waals surface area contributed by atoms with E-state index < -0.39 is 0 Å². The first-order valence-corrected chi connectivity index (χ1v) is 4.50. The van der Waals surface area contributed by atoms with Crippen molar-refractivity contribution in [2.45, 2.75) is 67.2 Å². The fraction of sp³-hybridized carbons (Fsp3) is 1.00. The first kappa shape index (κ1) is 16.5. The maximum Gasteiger partial charge on any atom is -0.0533 e. The zero-order valence-electron chi connectivity index (χ0n) is 7.54. The molecule has 0 atom stereocenters. The third-order valence-electron chi connectivity index (χ3n) is 1.25. The Hall–Kier alpha value is 0. The van der Waals surface area contributed by atoms with Crippen LogP contribution in [-0.2, 0) is 0 Å². The zero-order chi connectivity index (χ0) is 7.54. The van der Waals surface area contributed by atoms with E-state index in [0.29, 0.717) is 0 Å². The minimum atomic E-state index is 0. The number of rotatable bonds is 0. The lowest BCUT2D eigenvalue weighted by molar-refractivity contribution is 0.886. The fourth-order valence-electron chi connectivity index (χ4n) is 0.884. The molecule has 0 aromatic carbocycles. The van der Waals surface area contributed by atoms with Crippen molar-refractivity contribution in [1.29, 1.82) is 0 Å². The van der Waals surface area contributed by atoms with Gasteiger partial charge in [-0.05, 0) is 0 Å². The van der Waals surface area contributed by atoms with Crippen LogP contribution in [0.3, 0.4) is 0 Å². The van der Waals surface area contributed by atoms with Gasteiger partial charge >= 0.3 is 0 Å². The smallest absolute Gasteiger partial charge is 0.0533 e. The second-order valence-electron chi connectivity index (χ2n) is 1.77. The molecule has 0 radical (unpaired) electrons. The standard InChI is InChI=1S/C5H10.2C2H6.CH4/c1-2-4-5-3-1;2*1-2;/h1-5H2;2*1-2H3;1H4. The van der Waals surface area contributed by atoms with Crippen molar-refractivity contribution >= 4 is 0 Å². The summed E-state index contributed by atoms with van der Waals surface area (Å²) in [6.07, 6.45) is 7.50. The Labute approximate surface area is 68.0 Å². The van der Waals surface area contributed by atoms with Crippen LogP contribution in [0.2, 0.25) is 0 Å². The van der Waals surface area contributed by atoms with E-state index in [-0.39, 0.29) is 7.43 Å². The third-order valence-corrected chi connectivity index (χ3v) is 1.25. The van der Waals surface area contributed by atoms with Gasteiger partial charge < -0.3 is 0 Å². The summed E-state index contributed by atoms with van der Waals surface area (Å²) in [6, 6.07) is 0. The Bertz CT molecular complexity index is 11.6. The third kappa shape index (κ3) is 15.7. The molecule has 0 heteroatoms. The Morgan fingerprint density at radius 2 is 0.600 bits per heavy atom. The summed E-state index contributed by atoms with van der Waals surface area (Å²) in [6.45, 7) is 8.00. The van der Waals surface area contributed by atoms with Crippen molar-refractivity contribution in [3.8, 4) is 0 Å². The van der Waals surface area contributed by atoms with E-state index in [1.165, 1.54) is 32.1 Å². The van der Waals surface area contributed by atoms with Crippen molar-refractivity contribution < 1.29 is 0 Å². The quantitative estimate of drug-likeness (QED) is 0.467. The van der Waals surface area contributed by atoms with Gasteiger partial charge in [-0.2, -0.15) is 0 Å². The van der Waals surface area contributed by atoms with Crippen LogP contribution in [0.25, 0.3) is 0 Å². The van der Waals surface area contributed by atoms with Gasteiger partial charge in [0.2, 0.25) is 0 Å². The van der Waals surface area contributed by atoms with Crippen molar-refractivity contribution in [1.82, 2.24) is 0 Å². The Kier molecular flexibility index (Phi) is 38.1. The maximum atomic E-state index is 2.00. The molecule has 10 heavy (non-hydrogen) atoms. The van der Waals surface area contributed by atoms with E-state index in [0.717, 1.165) is 0 Å². The highest BCUT2D eigenvalue weighted by molar-refractivity contribution is 4.51. The summed E-state index contributed by atoms with van der Waals surface area (Å²) in [5, 5.41) is 0. The molecule has 1 saturated carbocycles. The van der Waals surface area contributed by atoms with Crippen LogP contribution in [0.15, 0.2) is 0 Å². The van der Waals surface area contributed by atoms with E-state index in [2.05, 4.69) is 0 Å². The molecule has 1 aliphatic carbocycles. The van der Waals surface area contributed by atoms with E-state index >= 15 is 0 Å². The van der Waals surface area contributed by atoms with Gasteiger partial charge in [-0.3, -0.25) is 0 Å². The summed E-state index contributed by atoms with van der Waals surface area (Å²) in [4.78, 5) is 0. The van der Waals surface area contributed by atoms with Crippen LogP contribution in [-0.4, -0.2) is 0 Å². The summed E-state index contributed by atoms with van der Waals surface area (Å²) >= 11 is 0. The minimum Gasteiger partial charge on any atom is -0.0776 e. The zero-order valence-corrected chi connectivity index (χ0v) is 7.54. The molecule has 0 bridgehead atoms. The monoisotopic (exact) mass is 146 g/mol. The van der Waals surface area contributed by atoms with Crippen molar-refractivity contribution in [2.75, 3.05) is 0 Å². The van der Waals surface area contributed by atoms with E-state index in [1.54, 1.807) is 0 Å². The van der Waals surface area contributed by atoms with Crippen LogP contribution in [0, 0.1) is 0 Å². The van der Waals surface area contributed by atoms with E-state index in [1.807, 2.05) is 27.7 Å². The number of hydrogen-bond donors (Lipinski definition) is 0. The molecule has 0 heterocycles. The predicted octanol–water partition coefficient (Wildman–Crippen LogP) is 4.64. The number of hydrogen-bond acceptors (Lipinski definition) is 0. The molecule has 0 aliphatic heterocycles. The van der Waals surface area contributed by atoms with Crippen molar-refractivity contribution in [3.63, 3.8) is 0 Å². The Balaban J connectivity index is -0.0000000875. The average Bonchev–Trinajstić information content (AvgIpc) is 2.51. The molecule has 66 valence electrons. The molecule has 0 aromatic heterocycles. The van der Waals surface area contributed by atoms with E-state index in [9.17, 15) is 0 Å². The van der Waals surface area contributed by atoms with Crippen molar-refractivity contribution in [3.05, 3.63) is 0 Å². The molecular formula is C10H26. The SMILES string of the molecule is C.C1CCCC1.CC.CC. The van der Waals surface area contributed by atoms with Gasteiger partial charge in [0.15, 0.2) is 0 Å². The van der Waals surface area contributed by atoms with E-state index in [4.69, 9.17) is 0 Å². The minimum absolute atomic E-state index is 0. The molecule has 1 fully saturated rings. The molecule has 1 aliphatic rings. The molecule has 0 amide bonds. The highest BCUT2D eigenvalue weighted by Crippen LogP contribution is 2.15. The van der Waals surface area contributed by atoms with Crippen LogP contribution in [0.4, 0.5) is 0 Å². The summed E-state index contributed by atoms with van der Waals surface area (Å²) in [5.41, 5.74) is 0. The van der Waals surface area contributed by atoms with Gasteiger partial charge in [-0.1, -0.05) is 67.2 Å². The summed E-state index contributed by atoms with van der Waals surface area (Å²) in [7, 11) is 0. The van der Waals surface area contributed by atoms with Crippen molar-refractivity contribution in [2.24, 2.45) is 0 Å². The molecule has 1 rings (SSSR count). The van der Waals surface area contributed by atoms with Gasteiger partial charge in [-0.25, -0.2) is 0 Å². The Morgan fingerprint density at radius 1 is 0.500 bits per heavy atom. The van der Waals surface area contributed by atoms with Gasteiger partial charge in [0, 0.05) is 0 Å². The van der Waals surface area contributed by atoms with Gasteiger partial charge in [-0.15, -0.1) is 0 Å². The molecule has 0 aromatic rings. The summed E-state index contributed by atoms with van der Waals surface area (Å²) in [5.74, 6) is 0. The molecule has 0 spiro atoms. The molecule has 0 saturated heterocycles. The maximum absolute atomic E-state index is 2.00. The second-order valence-corrected chi connectivity index (χ2v) is 1.77. The van der Waals surface area contributed by atoms with Crippen LogP contribution >= 0.6 is 0 Å². The van der Waals surface area contributed by atoms with Gasteiger partial charge in [0.05, 0.1) is 0 Å². The topological polar surface area (TPSA) is 0 Å². The molecule has 0 nitrogen and oxygen atoms in total. The fourth-order valence-corrected chi connectivity index (χ4v) is 0.884. The highest BCUT2D eigenvalue weighted by Gasteiger charge is 1.95. The second kappa shape index (κ2) is 23.0. The summed E-state index contributed by atoms with van der Waals surface area (Å²) < 4.78 is 0. The van der Waals surface area contributed by atoms with Crippen LogP contribution in [0.5, 0.6) is 0 Å². The lowest BCUT2D eigenvalue weighted by Crippen LogP contribution is -1.47. The predicted molar refractivity (Wildman–Crippen MR) is 52.5 cm³/mol. The normalized spacial score (nSPS) is 13.2. The molecule has 0 N–H and O–H groups in total. The average molecular weight is 146 g/mol. The first-order chi connectivity index (χ1) is 4.50.